The number of anilines is 1. The molecule has 3 rings (SSSR count). The third-order valence-corrected chi connectivity index (χ3v) is 4.24. The number of carbonyl (C=O) groups excluding carboxylic acids is 1. The molecule has 1 aromatic heterocycles. The van der Waals surface area contributed by atoms with E-state index in [1.165, 1.54) is 0 Å². The highest BCUT2D eigenvalue weighted by Gasteiger charge is 2.34. The molecule has 1 aromatic rings. The standard InChI is InChI=1S/C15H21N3O2/c1-11-2-3-14(16-8-11)17-6-4-12(5-7-17)15(20)18-9-13(19)10-18/h2-3,8,12-13,19H,4-7,9-10H2,1H3. The van der Waals surface area contributed by atoms with E-state index in [0.717, 1.165) is 37.3 Å². The molecule has 1 amide bonds. The van der Waals surface area contributed by atoms with Crippen molar-refractivity contribution in [2.75, 3.05) is 31.1 Å². The van der Waals surface area contributed by atoms with E-state index in [-0.39, 0.29) is 17.9 Å². The molecular weight excluding hydrogens is 254 g/mol. The number of hydrogen-bond donors (Lipinski definition) is 1. The fourth-order valence-corrected chi connectivity index (χ4v) is 2.90. The number of aliphatic hydroxyl groups is 1. The molecule has 0 aromatic carbocycles. The van der Waals surface area contributed by atoms with Crippen molar-refractivity contribution in [3.8, 4) is 0 Å². The molecule has 0 spiro atoms. The molecule has 2 aliphatic heterocycles. The van der Waals surface area contributed by atoms with Crippen molar-refractivity contribution >= 4 is 11.7 Å². The lowest BCUT2D eigenvalue weighted by atomic mass is 9.93. The second kappa shape index (κ2) is 5.40. The Kier molecular flexibility index (Phi) is 3.61. The Morgan fingerprint density at radius 1 is 1.30 bits per heavy atom. The molecular formula is C15H21N3O2. The van der Waals surface area contributed by atoms with Crippen molar-refractivity contribution in [2.45, 2.75) is 25.9 Å². The smallest absolute Gasteiger partial charge is 0.225 e. The molecule has 2 fully saturated rings. The largest absolute Gasteiger partial charge is 0.389 e. The highest BCUT2D eigenvalue weighted by molar-refractivity contribution is 5.80. The summed E-state index contributed by atoms with van der Waals surface area (Å²) in [5, 5.41) is 9.27. The van der Waals surface area contributed by atoms with E-state index in [1.54, 1.807) is 4.90 Å². The van der Waals surface area contributed by atoms with Gasteiger partial charge in [-0.3, -0.25) is 4.79 Å². The third kappa shape index (κ3) is 2.63. The minimum atomic E-state index is -0.309. The van der Waals surface area contributed by atoms with E-state index in [2.05, 4.69) is 16.0 Å². The van der Waals surface area contributed by atoms with Gasteiger partial charge in [0.25, 0.3) is 0 Å². The number of aliphatic hydroxyl groups excluding tert-OH is 1. The summed E-state index contributed by atoms with van der Waals surface area (Å²) in [5.74, 6) is 1.33. The van der Waals surface area contributed by atoms with Crippen molar-refractivity contribution in [2.24, 2.45) is 5.92 Å². The van der Waals surface area contributed by atoms with E-state index in [0.29, 0.717) is 13.1 Å². The summed E-state index contributed by atoms with van der Waals surface area (Å²) in [5.41, 5.74) is 1.16. The van der Waals surface area contributed by atoms with Crippen molar-refractivity contribution in [1.29, 1.82) is 0 Å². The third-order valence-electron chi connectivity index (χ3n) is 4.24. The number of hydrogen-bond acceptors (Lipinski definition) is 4. The van der Waals surface area contributed by atoms with Crippen molar-refractivity contribution in [3.05, 3.63) is 23.9 Å². The summed E-state index contributed by atoms with van der Waals surface area (Å²) in [7, 11) is 0. The van der Waals surface area contributed by atoms with Crippen LogP contribution in [0, 0.1) is 12.8 Å². The maximum Gasteiger partial charge on any atom is 0.225 e. The first-order valence-corrected chi connectivity index (χ1v) is 7.28. The number of rotatable bonds is 2. The van der Waals surface area contributed by atoms with E-state index in [9.17, 15) is 9.90 Å². The van der Waals surface area contributed by atoms with Crippen LogP contribution >= 0.6 is 0 Å². The van der Waals surface area contributed by atoms with Crippen molar-refractivity contribution in [1.82, 2.24) is 9.88 Å². The number of amides is 1. The van der Waals surface area contributed by atoms with Crippen LogP contribution in [0.15, 0.2) is 18.3 Å². The summed E-state index contributed by atoms with van der Waals surface area (Å²) in [6.45, 7) is 4.81. The lowest BCUT2D eigenvalue weighted by molar-refractivity contribution is -0.146. The van der Waals surface area contributed by atoms with Gasteiger partial charge in [-0.25, -0.2) is 4.98 Å². The molecule has 5 heteroatoms. The van der Waals surface area contributed by atoms with Crippen LogP contribution in [0.2, 0.25) is 0 Å². The topological polar surface area (TPSA) is 56.7 Å². The van der Waals surface area contributed by atoms with Crippen molar-refractivity contribution in [3.63, 3.8) is 0 Å². The minimum absolute atomic E-state index is 0.115. The molecule has 1 N–H and O–H groups in total. The number of β-amino-alcohol motifs (C(OH)–C–C–N with tert-alkyl or cyclic N) is 1. The van der Waals surface area contributed by atoms with Crippen LogP contribution < -0.4 is 4.90 Å². The van der Waals surface area contributed by atoms with Crippen LogP contribution in [0.4, 0.5) is 5.82 Å². The van der Waals surface area contributed by atoms with E-state index in [1.807, 2.05) is 19.2 Å². The van der Waals surface area contributed by atoms with Crippen LogP contribution in [0.3, 0.4) is 0 Å². The normalized spacial score (nSPS) is 20.9. The molecule has 2 aliphatic rings. The predicted octanol–water partition coefficient (Wildman–Crippen LogP) is 0.810. The Labute approximate surface area is 119 Å². The van der Waals surface area contributed by atoms with Gasteiger partial charge in [0.2, 0.25) is 5.91 Å². The van der Waals surface area contributed by atoms with Gasteiger partial charge in [0.05, 0.1) is 6.10 Å². The molecule has 2 saturated heterocycles. The molecule has 0 aliphatic carbocycles. The number of likely N-dealkylation sites (tertiary alicyclic amines) is 1. The first-order valence-electron chi connectivity index (χ1n) is 7.28. The van der Waals surface area contributed by atoms with E-state index < -0.39 is 0 Å². The van der Waals surface area contributed by atoms with Crippen LogP contribution in [0.5, 0.6) is 0 Å². The average molecular weight is 275 g/mol. The zero-order valence-electron chi connectivity index (χ0n) is 11.8. The zero-order chi connectivity index (χ0) is 14.1. The fraction of sp³-hybridized carbons (Fsp3) is 0.600. The summed E-state index contributed by atoms with van der Waals surface area (Å²) in [4.78, 5) is 20.7. The van der Waals surface area contributed by atoms with E-state index in [4.69, 9.17) is 0 Å². The monoisotopic (exact) mass is 275 g/mol. The highest BCUT2D eigenvalue weighted by atomic mass is 16.3. The average Bonchev–Trinajstić information content (AvgIpc) is 2.44. The Hall–Kier alpha value is -1.62. The van der Waals surface area contributed by atoms with Gasteiger partial charge >= 0.3 is 0 Å². The maximum absolute atomic E-state index is 12.2. The molecule has 0 saturated carbocycles. The summed E-state index contributed by atoms with van der Waals surface area (Å²) >= 11 is 0. The van der Waals surface area contributed by atoms with E-state index >= 15 is 0 Å². The van der Waals surface area contributed by atoms with Gasteiger partial charge in [-0.1, -0.05) is 6.07 Å². The first-order chi connectivity index (χ1) is 9.63. The Bertz CT molecular complexity index is 474. The van der Waals surface area contributed by atoms with Gasteiger partial charge < -0.3 is 14.9 Å². The maximum atomic E-state index is 12.2. The molecule has 0 unspecified atom stereocenters. The molecule has 20 heavy (non-hydrogen) atoms. The minimum Gasteiger partial charge on any atom is -0.389 e. The molecule has 108 valence electrons. The Balaban J connectivity index is 1.54. The number of aromatic nitrogens is 1. The molecule has 0 atom stereocenters. The first kappa shape index (κ1) is 13.4. The Morgan fingerprint density at radius 3 is 2.55 bits per heavy atom. The number of carbonyl (C=O) groups is 1. The number of nitrogens with zero attached hydrogens (tertiary/aromatic N) is 3. The lowest BCUT2D eigenvalue weighted by Gasteiger charge is -2.40. The molecule has 0 radical (unpaired) electrons. The number of aryl methyl sites for hydroxylation is 1. The molecule has 3 heterocycles. The van der Waals surface area contributed by atoms with Gasteiger partial charge in [-0.05, 0) is 31.4 Å². The van der Waals surface area contributed by atoms with Crippen molar-refractivity contribution < 1.29 is 9.90 Å². The van der Waals surface area contributed by atoms with Crippen LogP contribution in [0.1, 0.15) is 18.4 Å². The van der Waals surface area contributed by atoms with Crippen LogP contribution in [0.25, 0.3) is 0 Å². The summed E-state index contributed by atoms with van der Waals surface area (Å²) < 4.78 is 0. The van der Waals surface area contributed by atoms with Gasteiger partial charge in [0.15, 0.2) is 0 Å². The summed E-state index contributed by atoms with van der Waals surface area (Å²) in [6, 6.07) is 4.12. The highest BCUT2D eigenvalue weighted by Crippen LogP contribution is 2.25. The van der Waals surface area contributed by atoms with Crippen LogP contribution in [-0.4, -0.2) is 53.2 Å². The summed E-state index contributed by atoms with van der Waals surface area (Å²) in [6.07, 6.45) is 3.33. The number of piperidine rings is 1. The molecule has 0 bridgehead atoms. The second-order valence-corrected chi connectivity index (χ2v) is 5.85. The van der Waals surface area contributed by atoms with Gasteiger partial charge in [0.1, 0.15) is 5.82 Å². The molecule has 5 nitrogen and oxygen atoms in total. The van der Waals surface area contributed by atoms with Gasteiger partial charge in [-0.2, -0.15) is 0 Å². The van der Waals surface area contributed by atoms with Gasteiger partial charge in [0, 0.05) is 38.3 Å². The van der Waals surface area contributed by atoms with Gasteiger partial charge in [-0.15, -0.1) is 0 Å². The lowest BCUT2D eigenvalue weighted by Crippen LogP contribution is -2.56. The number of pyridine rings is 1. The van der Waals surface area contributed by atoms with Crippen LogP contribution in [-0.2, 0) is 4.79 Å². The predicted molar refractivity (Wildman–Crippen MR) is 76.5 cm³/mol. The SMILES string of the molecule is Cc1ccc(N2CCC(C(=O)N3CC(O)C3)CC2)nc1. The Morgan fingerprint density at radius 2 is 2.00 bits per heavy atom. The quantitative estimate of drug-likeness (QED) is 0.868. The zero-order valence-corrected chi connectivity index (χ0v) is 11.8. The fourth-order valence-electron chi connectivity index (χ4n) is 2.90. The second-order valence-electron chi connectivity index (χ2n) is 5.85.